The van der Waals surface area contributed by atoms with E-state index in [2.05, 4.69) is 22.5 Å². The van der Waals surface area contributed by atoms with E-state index in [-0.39, 0.29) is 11.9 Å². The van der Waals surface area contributed by atoms with Gasteiger partial charge in [-0.05, 0) is 26.3 Å². The van der Waals surface area contributed by atoms with Crippen molar-refractivity contribution in [2.75, 3.05) is 13.1 Å². The minimum atomic E-state index is 0.0262. The van der Waals surface area contributed by atoms with E-state index in [1.165, 1.54) is 6.42 Å². The SMILES string of the molecule is CC#CCCNC(=O)[C@@H]1CCCCN1. The third-order valence-corrected chi connectivity index (χ3v) is 2.35. The largest absolute Gasteiger partial charge is 0.354 e. The Kier molecular flexibility index (Phi) is 5.09. The average molecular weight is 194 g/mol. The molecule has 0 aromatic carbocycles. The summed E-state index contributed by atoms with van der Waals surface area (Å²) < 4.78 is 0. The van der Waals surface area contributed by atoms with E-state index < -0.39 is 0 Å². The van der Waals surface area contributed by atoms with Crippen molar-refractivity contribution < 1.29 is 4.79 Å². The van der Waals surface area contributed by atoms with Crippen LogP contribution in [0.4, 0.5) is 0 Å². The first kappa shape index (κ1) is 11.1. The van der Waals surface area contributed by atoms with Crippen molar-refractivity contribution in [1.29, 1.82) is 0 Å². The number of rotatable bonds is 3. The van der Waals surface area contributed by atoms with Crippen molar-refractivity contribution in [3.8, 4) is 11.8 Å². The molecule has 0 bridgehead atoms. The first-order valence-electron chi connectivity index (χ1n) is 5.25. The standard InChI is InChI=1S/C11H18N2O/c1-2-3-5-9-13-11(14)10-7-4-6-8-12-10/h10,12H,4-9H2,1H3,(H,13,14)/t10-/m0/s1. The Hall–Kier alpha value is -1.01. The number of amides is 1. The Bertz CT molecular complexity index is 233. The smallest absolute Gasteiger partial charge is 0.237 e. The van der Waals surface area contributed by atoms with Crippen molar-refractivity contribution >= 4 is 5.91 Å². The molecule has 3 heteroatoms. The van der Waals surface area contributed by atoms with Crippen LogP contribution in [0.2, 0.25) is 0 Å². The molecule has 1 rings (SSSR count). The fourth-order valence-electron chi connectivity index (χ4n) is 1.57. The molecule has 0 spiro atoms. The highest BCUT2D eigenvalue weighted by molar-refractivity contribution is 5.81. The quantitative estimate of drug-likeness (QED) is 0.512. The fourth-order valence-corrected chi connectivity index (χ4v) is 1.57. The average Bonchev–Trinajstić information content (AvgIpc) is 2.25. The summed E-state index contributed by atoms with van der Waals surface area (Å²) in [6.07, 6.45) is 4.05. The van der Waals surface area contributed by atoms with Gasteiger partial charge in [-0.15, -0.1) is 11.8 Å². The summed E-state index contributed by atoms with van der Waals surface area (Å²) >= 11 is 0. The zero-order valence-corrected chi connectivity index (χ0v) is 8.73. The van der Waals surface area contributed by atoms with Gasteiger partial charge in [0.15, 0.2) is 0 Å². The predicted octanol–water partition coefficient (Wildman–Crippen LogP) is 0.658. The fraction of sp³-hybridized carbons (Fsp3) is 0.727. The number of piperidine rings is 1. The van der Waals surface area contributed by atoms with Gasteiger partial charge in [0, 0.05) is 13.0 Å². The van der Waals surface area contributed by atoms with Crippen molar-refractivity contribution in [2.45, 2.75) is 38.6 Å². The van der Waals surface area contributed by atoms with E-state index in [9.17, 15) is 4.79 Å². The van der Waals surface area contributed by atoms with Crippen LogP contribution in [-0.4, -0.2) is 25.0 Å². The molecule has 1 aliphatic heterocycles. The monoisotopic (exact) mass is 194 g/mol. The molecule has 78 valence electrons. The highest BCUT2D eigenvalue weighted by Crippen LogP contribution is 2.06. The lowest BCUT2D eigenvalue weighted by atomic mass is 10.0. The minimum absolute atomic E-state index is 0.0262. The second-order valence-electron chi connectivity index (χ2n) is 3.47. The maximum absolute atomic E-state index is 11.5. The zero-order chi connectivity index (χ0) is 10.2. The third-order valence-electron chi connectivity index (χ3n) is 2.35. The van der Waals surface area contributed by atoms with Crippen LogP contribution in [0.1, 0.15) is 32.6 Å². The van der Waals surface area contributed by atoms with Crippen molar-refractivity contribution in [3.63, 3.8) is 0 Å². The van der Waals surface area contributed by atoms with Gasteiger partial charge in [-0.2, -0.15) is 0 Å². The molecule has 0 aromatic rings. The van der Waals surface area contributed by atoms with Gasteiger partial charge in [-0.1, -0.05) is 6.42 Å². The lowest BCUT2D eigenvalue weighted by molar-refractivity contribution is -0.123. The van der Waals surface area contributed by atoms with Crippen molar-refractivity contribution in [2.24, 2.45) is 0 Å². The molecule has 1 aliphatic rings. The van der Waals surface area contributed by atoms with Gasteiger partial charge in [-0.3, -0.25) is 4.79 Å². The summed E-state index contributed by atoms with van der Waals surface area (Å²) in [5.74, 6) is 5.85. The van der Waals surface area contributed by atoms with Crippen LogP contribution in [0.15, 0.2) is 0 Å². The molecule has 0 saturated carbocycles. The number of carbonyl (C=O) groups is 1. The normalized spacial score (nSPS) is 20.8. The maximum atomic E-state index is 11.5. The molecule has 3 nitrogen and oxygen atoms in total. The van der Waals surface area contributed by atoms with Crippen molar-refractivity contribution in [1.82, 2.24) is 10.6 Å². The van der Waals surface area contributed by atoms with Crippen LogP contribution < -0.4 is 10.6 Å². The third kappa shape index (κ3) is 3.80. The molecule has 1 atom stereocenters. The van der Waals surface area contributed by atoms with Gasteiger partial charge >= 0.3 is 0 Å². The summed E-state index contributed by atoms with van der Waals surface area (Å²) in [7, 11) is 0. The molecular weight excluding hydrogens is 176 g/mol. The lowest BCUT2D eigenvalue weighted by Crippen LogP contribution is -2.46. The summed E-state index contributed by atoms with van der Waals surface area (Å²) in [6.45, 7) is 3.44. The number of hydrogen-bond acceptors (Lipinski definition) is 2. The number of hydrogen-bond donors (Lipinski definition) is 2. The van der Waals surface area contributed by atoms with Gasteiger partial charge in [0.2, 0.25) is 5.91 Å². The summed E-state index contributed by atoms with van der Waals surface area (Å²) in [6, 6.07) is 0.0262. The second kappa shape index (κ2) is 6.44. The van der Waals surface area contributed by atoms with Crippen LogP contribution in [-0.2, 0) is 4.79 Å². The molecule has 1 fully saturated rings. The summed E-state index contributed by atoms with van der Waals surface area (Å²) in [5.41, 5.74) is 0. The van der Waals surface area contributed by atoms with E-state index in [4.69, 9.17) is 0 Å². The Morgan fingerprint density at radius 3 is 3.07 bits per heavy atom. The molecule has 0 aliphatic carbocycles. The molecule has 0 aromatic heterocycles. The van der Waals surface area contributed by atoms with E-state index in [1.54, 1.807) is 0 Å². The molecule has 2 N–H and O–H groups in total. The van der Waals surface area contributed by atoms with Crippen LogP contribution in [0, 0.1) is 11.8 Å². The zero-order valence-electron chi connectivity index (χ0n) is 8.73. The number of carbonyl (C=O) groups excluding carboxylic acids is 1. The first-order chi connectivity index (χ1) is 6.84. The molecule has 1 saturated heterocycles. The second-order valence-corrected chi connectivity index (χ2v) is 3.47. The minimum Gasteiger partial charge on any atom is -0.354 e. The Balaban J connectivity index is 2.15. The van der Waals surface area contributed by atoms with Crippen molar-refractivity contribution in [3.05, 3.63) is 0 Å². The lowest BCUT2D eigenvalue weighted by Gasteiger charge is -2.22. The van der Waals surface area contributed by atoms with E-state index in [0.717, 1.165) is 25.8 Å². The first-order valence-corrected chi connectivity index (χ1v) is 5.25. The highest BCUT2D eigenvalue weighted by atomic mass is 16.2. The van der Waals surface area contributed by atoms with Crippen LogP contribution >= 0.6 is 0 Å². The summed E-state index contributed by atoms with van der Waals surface area (Å²) in [4.78, 5) is 11.5. The van der Waals surface area contributed by atoms with E-state index in [0.29, 0.717) is 6.54 Å². The van der Waals surface area contributed by atoms with Gasteiger partial charge in [-0.25, -0.2) is 0 Å². The van der Waals surface area contributed by atoms with Crippen LogP contribution in [0.25, 0.3) is 0 Å². The van der Waals surface area contributed by atoms with E-state index in [1.807, 2.05) is 6.92 Å². The van der Waals surface area contributed by atoms with Gasteiger partial charge in [0.25, 0.3) is 0 Å². The van der Waals surface area contributed by atoms with E-state index >= 15 is 0 Å². The Labute approximate surface area is 85.6 Å². The molecule has 1 heterocycles. The predicted molar refractivity (Wildman–Crippen MR) is 56.7 cm³/mol. The number of nitrogens with one attached hydrogen (secondary N) is 2. The van der Waals surface area contributed by atoms with Gasteiger partial charge in [0.05, 0.1) is 6.04 Å². The molecule has 0 unspecified atom stereocenters. The molecule has 1 amide bonds. The topological polar surface area (TPSA) is 41.1 Å². The highest BCUT2D eigenvalue weighted by Gasteiger charge is 2.19. The van der Waals surface area contributed by atoms with Gasteiger partial charge in [0.1, 0.15) is 0 Å². The molecule has 0 radical (unpaired) electrons. The van der Waals surface area contributed by atoms with Crippen LogP contribution in [0.5, 0.6) is 0 Å². The maximum Gasteiger partial charge on any atom is 0.237 e. The van der Waals surface area contributed by atoms with Crippen LogP contribution in [0.3, 0.4) is 0 Å². The molecule has 14 heavy (non-hydrogen) atoms. The molecular formula is C11H18N2O. The summed E-state index contributed by atoms with van der Waals surface area (Å²) in [5, 5.41) is 6.09. The Morgan fingerprint density at radius 2 is 2.43 bits per heavy atom. The van der Waals surface area contributed by atoms with Gasteiger partial charge < -0.3 is 10.6 Å². The Morgan fingerprint density at radius 1 is 1.57 bits per heavy atom.